The number of amides is 2. The summed E-state index contributed by atoms with van der Waals surface area (Å²) in [5.74, 6) is -0.376. The number of halogens is 1. The second kappa shape index (κ2) is 6.77. The van der Waals surface area contributed by atoms with Gasteiger partial charge in [-0.2, -0.15) is 0 Å². The van der Waals surface area contributed by atoms with E-state index in [2.05, 4.69) is 5.32 Å². The highest BCUT2D eigenvalue weighted by Gasteiger charge is 2.36. The third-order valence-corrected chi connectivity index (χ3v) is 5.38. The second-order valence-corrected chi connectivity index (χ2v) is 6.91. The molecule has 21 heavy (non-hydrogen) atoms. The van der Waals surface area contributed by atoms with Gasteiger partial charge in [0.05, 0.1) is 5.25 Å². The maximum Gasteiger partial charge on any atom is 0.244 e. The van der Waals surface area contributed by atoms with Crippen molar-refractivity contribution >= 4 is 57.4 Å². The zero-order valence-corrected chi connectivity index (χ0v) is 14.1. The van der Waals surface area contributed by atoms with Crippen LogP contribution in [-0.2, 0) is 9.59 Å². The van der Waals surface area contributed by atoms with Gasteiger partial charge in [-0.25, -0.2) is 0 Å². The van der Waals surface area contributed by atoms with E-state index in [9.17, 15) is 9.59 Å². The first-order valence-corrected chi connectivity index (χ1v) is 8.17. The summed E-state index contributed by atoms with van der Waals surface area (Å²) in [5.41, 5.74) is 1.44. The van der Waals surface area contributed by atoms with Crippen LogP contribution in [0.4, 0.5) is 5.69 Å². The fourth-order valence-electron chi connectivity index (χ4n) is 1.98. The predicted molar refractivity (Wildman–Crippen MR) is 90.8 cm³/mol. The van der Waals surface area contributed by atoms with E-state index in [-0.39, 0.29) is 23.6 Å². The van der Waals surface area contributed by atoms with Crippen molar-refractivity contribution < 1.29 is 9.59 Å². The third-order valence-electron chi connectivity index (χ3n) is 3.22. The first-order valence-electron chi connectivity index (χ1n) is 6.51. The lowest BCUT2D eigenvalue weighted by molar-refractivity contribution is -0.129. The molecule has 0 saturated carbocycles. The Balaban J connectivity index is 2.04. The Hall–Kier alpha value is -1.11. The number of thiocarbonyl (C=S) groups is 1. The van der Waals surface area contributed by atoms with E-state index in [1.165, 1.54) is 16.7 Å². The normalized spacial score (nSPS) is 18.2. The van der Waals surface area contributed by atoms with Crippen LogP contribution in [0.3, 0.4) is 0 Å². The molecular formula is C14H15ClN2O2S2. The molecule has 1 aliphatic heterocycles. The lowest BCUT2D eigenvalue weighted by Crippen LogP contribution is -2.38. The Morgan fingerprint density at radius 2 is 2.24 bits per heavy atom. The van der Waals surface area contributed by atoms with Gasteiger partial charge in [0.1, 0.15) is 10.9 Å². The number of nitrogens with zero attached hydrogens (tertiary/aromatic N) is 1. The molecule has 1 atom stereocenters. The number of benzene rings is 1. The van der Waals surface area contributed by atoms with Gasteiger partial charge < -0.3 is 5.32 Å². The minimum Gasteiger partial charge on any atom is -0.324 e. The summed E-state index contributed by atoms with van der Waals surface area (Å²) in [4.78, 5) is 25.5. The number of thioether (sulfide) groups is 1. The van der Waals surface area contributed by atoms with Gasteiger partial charge in [0.25, 0.3) is 0 Å². The summed E-state index contributed by atoms with van der Waals surface area (Å²) in [5, 5.41) is 3.18. The van der Waals surface area contributed by atoms with Crippen LogP contribution in [0.25, 0.3) is 0 Å². The van der Waals surface area contributed by atoms with Crippen LogP contribution in [0.15, 0.2) is 18.2 Å². The first-order chi connectivity index (χ1) is 9.93. The minimum absolute atomic E-state index is 0.0624. The maximum absolute atomic E-state index is 12.1. The number of rotatable bonds is 4. The van der Waals surface area contributed by atoms with E-state index in [0.29, 0.717) is 21.5 Å². The quantitative estimate of drug-likeness (QED) is 0.853. The Labute approximate surface area is 138 Å². The van der Waals surface area contributed by atoms with Crippen LogP contribution in [0.5, 0.6) is 0 Å². The monoisotopic (exact) mass is 342 g/mol. The molecule has 1 saturated heterocycles. The second-order valence-electron chi connectivity index (χ2n) is 4.67. The van der Waals surface area contributed by atoms with Crippen LogP contribution in [-0.4, -0.2) is 32.8 Å². The van der Waals surface area contributed by atoms with Crippen molar-refractivity contribution in [3.63, 3.8) is 0 Å². The number of hydrogen-bond acceptors (Lipinski definition) is 4. The Morgan fingerprint density at radius 1 is 1.52 bits per heavy atom. The van der Waals surface area contributed by atoms with E-state index in [1.54, 1.807) is 18.2 Å². The average molecular weight is 343 g/mol. The standard InChI is InChI=1S/C14H15ClN2O2S2/c1-3-11-13(19)17(14(20)21-11)7-12(18)16-10-6-4-5-9(15)8(10)2/h4-6,11H,3,7H2,1-2H3,(H,16,18). The van der Waals surface area contributed by atoms with Crippen LogP contribution < -0.4 is 5.32 Å². The summed E-state index contributed by atoms with van der Waals surface area (Å²) >= 11 is 12.5. The number of hydrogen-bond donors (Lipinski definition) is 1. The van der Waals surface area contributed by atoms with Crippen molar-refractivity contribution in [1.82, 2.24) is 4.90 Å². The van der Waals surface area contributed by atoms with Gasteiger partial charge in [0.15, 0.2) is 0 Å². The van der Waals surface area contributed by atoms with Crippen molar-refractivity contribution in [2.45, 2.75) is 25.5 Å². The Morgan fingerprint density at radius 3 is 2.86 bits per heavy atom. The summed E-state index contributed by atoms with van der Waals surface area (Å²) in [6.45, 7) is 3.69. The van der Waals surface area contributed by atoms with E-state index in [4.69, 9.17) is 23.8 Å². The number of carbonyl (C=O) groups is 2. The van der Waals surface area contributed by atoms with Gasteiger partial charge in [0.2, 0.25) is 11.8 Å². The van der Waals surface area contributed by atoms with Gasteiger partial charge in [-0.1, -0.05) is 48.6 Å². The molecule has 2 amide bonds. The van der Waals surface area contributed by atoms with Crippen molar-refractivity contribution in [1.29, 1.82) is 0 Å². The van der Waals surface area contributed by atoms with Gasteiger partial charge in [-0.15, -0.1) is 0 Å². The molecule has 1 aromatic rings. The molecule has 1 N–H and O–H groups in total. The molecule has 1 unspecified atom stereocenters. The molecular weight excluding hydrogens is 328 g/mol. The molecule has 1 heterocycles. The third kappa shape index (κ3) is 3.56. The number of carbonyl (C=O) groups excluding carboxylic acids is 2. The SMILES string of the molecule is CCC1SC(=S)N(CC(=O)Nc2cccc(Cl)c2C)C1=O. The fraction of sp³-hybridized carbons (Fsp3) is 0.357. The molecule has 0 aromatic heterocycles. The zero-order valence-electron chi connectivity index (χ0n) is 11.7. The summed E-state index contributed by atoms with van der Waals surface area (Å²) < 4.78 is 0.463. The topological polar surface area (TPSA) is 49.4 Å². The van der Waals surface area contributed by atoms with Gasteiger partial charge in [-0.05, 0) is 31.0 Å². The summed E-state index contributed by atoms with van der Waals surface area (Å²) in [6, 6.07) is 5.29. The van der Waals surface area contributed by atoms with Gasteiger partial charge >= 0.3 is 0 Å². The van der Waals surface area contributed by atoms with Crippen molar-refractivity contribution in [2.24, 2.45) is 0 Å². The molecule has 0 bridgehead atoms. The van der Waals surface area contributed by atoms with Crippen LogP contribution in [0, 0.1) is 6.92 Å². The van der Waals surface area contributed by atoms with E-state index >= 15 is 0 Å². The predicted octanol–water partition coefficient (Wildman–Crippen LogP) is 3.23. The molecule has 0 aliphatic carbocycles. The average Bonchev–Trinajstić information content (AvgIpc) is 2.71. The molecule has 1 fully saturated rings. The molecule has 0 radical (unpaired) electrons. The Bertz CT molecular complexity index is 607. The highest BCUT2D eigenvalue weighted by atomic mass is 35.5. The van der Waals surface area contributed by atoms with Crippen LogP contribution in [0.2, 0.25) is 5.02 Å². The van der Waals surface area contributed by atoms with E-state index in [0.717, 1.165) is 5.56 Å². The largest absolute Gasteiger partial charge is 0.324 e. The molecule has 1 aliphatic rings. The Kier molecular flexibility index (Phi) is 5.24. The molecule has 0 spiro atoms. The molecule has 4 nitrogen and oxygen atoms in total. The first kappa shape index (κ1) is 16.3. The van der Waals surface area contributed by atoms with Gasteiger partial charge in [-0.3, -0.25) is 14.5 Å². The fourth-order valence-corrected chi connectivity index (χ4v) is 3.57. The van der Waals surface area contributed by atoms with Crippen molar-refractivity contribution in [3.8, 4) is 0 Å². The summed E-state index contributed by atoms with van der Waals surface area (Å²) in [6.07, 6.45) is 0.704. The lowest BCUT2D eigenvalue weighted by atomic mass is 10.2. The number of anilines is 1. The highest BCUT2D eigenvalue weighted by Crippen LogP contribution is 2.29. The van der Waals surface area contributed by atoms with Crippen LogP contribution in [0.1, 0.15) is 18.9 Å². The number of nitrogens with one attached hydrogen (secondary N) is 1. The zero-order chi connectivity index (χ0) is 15.6. The van der Waals surface area contributed by atoms with E-state index in [1.807, 2.05) is 13.8 Å². The smallest absolute Gasteiger partial charge is 0.244 e. The maximum atomic E-state index is 12.1. The minimum atomic E-state index is -0.284. The molecule has 1 aromatic carbocycles. The van der Waals surface area contributed by atoms with Crippen molar-refractivity contribution in [3.05, 3.63) is 28.8 Å². The summed E-state index contributed by atoms with van der Waals surface area (Å²) in [7, 11) is 0. The van der Waals surface area contributed by atoms with Crippen molar-refractivity contribution in [2.75, 3.05) is 11.9 Å². The highest BCUT2D eigenvalue weighted by molar-refractivity contribution is 8.24. The lowest BCUT2D eigenvalue weighted by Gasteiger charge is -2.16. The molecule has 2 rings (SSSR count). The van der Waals surface area contributed by atoms with Crippen LogP contribution >= 0.6 is 35.6 Å². The van der Waals surface area contributed by atoms with E-state index < -0.39 is 0 Å². The molecule has 7 heteroatoms. The van der Waals surface area contributed by atoms with Gasteiger partial charge in [0, 0.05) is 10.7 Å². The molecule has 112 valence electrons.